The van der Waals surface area contributed by atoms with Gasteiger partial charge in [0.2, 0.25) is 0 Å². The fourth-order valence-corrected chi connectivity index (χ4v) is 3.30. The Morgan fingerprint density at radius 2 is 1.31 bits per heavy atom. The third-order valence-corrected chi connectivity index (χ3v) is 4.73. The van der Waals surface area contributed by atoms with Gasteiger partial charge in [0.15, 0.2) is 0 Å². The van der Waals surface area contributed by atoms with Crippen LogP contribution in [0.25, 0.3) is 0 Å². The summed E-state index contributed by atoms with van der Waals surface area (Å²) in [5.74, 6) is 0.323. The Morgan fingerprint density at radius 1 is 0.793 bits per heavy atom. The summed E-state index contributed by atoms with van der Waals surface area (Å²) in [6, 6.07) is 13.6. The third-order valence-electron chi connectivity index (χ3n) is 4.73. The van der Waals surface area contributed by atoms with Crippen LogP contribution in [0.1, 0.15) is 34.1 Å². The average molecular weight is 396 g/mol. The summed E-state index contributed by atoms with van der Waals surface area (Å²) in [4.78, 5) is 40.3. The Bertz CT molecular complexity index is 912. The normalized spacial score (nSPS) is 14.1. The number of carbonyl (C=O) groups excluding carboxylic acids is 3. The fraction of sp³-hybridized carbons (Fsp3) is 0.318. The molecule has 1 aliphatic heterocycles. The largest absolute Gasteiger partial charge is 0.497 e. The van der Waals surface area contributed by atoms with E-state index in [0.29, 0.717) is 55.2 Å². The molecule has 2 amide bonds. The topological polar surface area (TPSA) is 76.2 Å². The molecule has 1 fully saturated rings. The van der Waals surface area contributed by atoms with Crippen molar-refractivity contribution in [1.29, 1.82) is 0 Å². The van der Waals surface area contributed by atoms with Gasteiger partial charge in [-0.25, -0.2) is 0 Å². The average Bonchev–Trinajstić information content (AvgIpc) is 2.98. The van der Waals surface area contributed by atoms with Crippen LogP contribution in [0.2, 0.25) is 0 Å². The SMILES string of the molecule is COc1cccc(C(=O)N2CCCN(C(=O)c3cccc(OC(C)=O)c3)CC2)c1. The van der Waals surface area contributed by atoms with Crippen molar-refractivity contribution in [2.45, 2.75) is 13.3 Å². The van der Waals surface area contributed by atoms with Crippen molar-refractivity contribution in [2.24, 2.45) is 0 Å². The van der Waals surface area contributed by atoms with Crippen LogP contribution in [0.5, 0.6) is 11.5 Å². The molecule has 1 heterocycles. The van der Waals surface area contributed by atoms with E-state index >= 15 is 0 Å². The first-order valence-corrected chi connectivity index (χ1v) is 9.49. The minimum absolute atomic E-state index is 0.0740. The Kier molecular flexibility index (Phi) is 6.49. The highest BCUT2D eigenvalue weighted by molar-refractivity contribution is 5.96. The van der Waals surface area contributed by atoms with Gasteiger partial charge >= 0.3 is 5.97 Å². The van der Waals surface area contributed by atoms with E-state index in [0.717, 1.165) is 0 Å². The lowest BCUT2D eigenvalue weighted by atomic mass is 10.2. The van der Waals surface area contributed by atoms with Gasteiger partial charge in [0.05, 0.1) is 7.11 Å². The van der Waals surface area contributed by atoms with Crippen LogP contribution in [0.4, 0.5) is 0 Å². The van der Waals surface area contributed by atoms with Gasteiger partial charge in [-0.3, -0.25) is 14.4 Å². The number of rotatable bonds is 4. The number of hydrogen-bond acceptors (Lipinski definition) is 5. The minimum atomic E-state index is -0.434. The van der Waals surface area contributed by atoms with Crippen LogP contribution >= 0.6 is 0 Å². The van der Waals surface area contributed by atoms with E-state index < -0.39 is 5.97 Å². The van der Waals surface area contributed by atoms with Crippen LogP contribution in [-0.4, -0.2) is 60.9 Å². The zero-order valence-electron chi connectivity index (χ0n) is 16.6. The summed E-state index contributed by atoms with van der Waals surface area (Å²) in [5, 5.41) is 0. The van der Waals surface area contributed by atoms with E-state index in [1.165, 1.54) is 6.92 Å². The second-order valence-electron chi connectivity index (χ2n) is 6.79. The summed E-state index contributed by atoms with van der Waals surface area (Å²) in [7, 11) is 1.56. The molecule has 3 rings (SSSR count). The molecule has 29 heavy (non-hydrogen) atoms. The zero-order chi connectivity index (χ0) is 20.8. The Hall–Kier alpha value is -3.35. The van der Waals surface area contributed by atoms with Gasteiger partial charge in [-0.15, -0.1) is 0 Å². The predicted molar refractivity (Wildman–Crippen MR) is 107 cm³/mol. The lowest BCUT2D eigenvalue weighted by Gasteiger charge is -2.22. The van der Waals surface area contributed by atoms with Crippen LogP contribution in [0.3, 0.4) is 0 Å². The summed E-state index contributed by atoms with van der Waals surface area (Å²) >= 11 is 0. The molecule has 0 aliphatic carbocycles. The highest BCUT2D eigenvalue weighted by Crippen LogP contribution is 2.18. The van der Waals surface area contributed by atoms with E-state index in [4.69, 9.17) is 9.47 Å². The molecule has 2 aromatic rings. The van der Waals surface area contributed by atoms with Gasteiger partial charge < -0.3 is 19.3 Å². The molecular weight excluding hydrogens is 372 g/mol. The number of methoxy groups -OCH3 is 1. The van der Waals surface area contributed by atoms with E-state index in [-0.39, 0.29) is 11.8 Å². The van der Waals surface area contributed by atoms with Crippen LogP contribution in [-0.2, 0) is 4.79 Å². The molecule has 1 saturated heterocycles. The molecule has 7 nitrogen and oxygen atoms in total. The lowest BCUT2D eigenvalue weighted by molar-refractivity contribution is -0.131. The van der Waals surface area contributed by atoms with Gasteiger partial charge in [0, 0.05) is 44.2 Å². The molecule has 2 aromatic carbocycles. The number of carbonyl (C=O) groups is 3. The number of esters is 1. The van der Waals surface area contributed by atoms with E-state index in [1.54, 1.807) is 65.4 Å². The molecule has 0 N–H and O–H groups in total. The van der Waals surface area contributed by atoms with Gasteiger partial charge in [-0.1, -0.05) is 12.1 Å². The molecule has 152 valence electrons. The van der Waals surface area contributed by atoms with Crippen molar-refractivity contribution in [2.75, 3.05) is 33.3 Å². The van der Waals surface area contributed by atoms with Gasteiger partial charge in [0.1, 0.15) is 11.5 Å². The van der Waals surface area contributed by atoms with Crippen LogP contribution in [0.15, 0.2) is 48.5 Å². The standard InChI is InChI=1S/C22H24N2O5/c1-16(25)29-20-9-4-7-18(15-20)22(27)24-11-5-10-23(12-13-24)21(26)17-6-3-8-19(14-17)28-2/h3-4,6-9,14-15H,5,10-13H2,1-2H3. The van der Waals surface area contributed by atoms with Gasteiger partial charge in [-0.05, 0) is 42.8 Å². The molecule has 0 spiro atoms. The highest BCUT2D eigenvalue weighted by atomic mass is 16.5. The molecule has 7 heteroatoms. The third kappa shape index (κ3) is 5.13. The molecule has 0 unspecified atom stereocenters. The van der Waals surface area contributed by atoms with Crippen LogP contribution in [0, 0.1) is 0 Å². The van der Waals surface area contributed by atoms with Crippen LogP contribution < -0.4 is 9.47 Å². The number of benzene rings is 2. The second-order valence-corrected chi connectivity index (χ2v) is 6.79. The van der Waals surface area contributed by atoms with Crippen molar-refractivity contribution >= 4 is 17.8 Å². The molecular formula is C22H24N2O5. The van der Waals surface area contributed by atoms with Crippen molar-refractivity contribution < 1.29 is 23.9 Å². The molecule has 1 aliphatic rings. The van der Waals surface area contributed by atoms with E-state index in [9.17, 15) is 14.4 Å². The number of ether oxygens (including phenoxy) is 2. The fourth-order valence-electron chi connectivity index (χ4n) is 3.30. The monoisotopic (exact) mass is 396 g/mol. The second kappa shape index (κ2) is 9.23. The number of hydrogen-bond donors (Lipinski definition) is 0. The maximum absolute atomic E-state index is 12.9. The highest BCUT2D eigenvalue weighted by Gasteiger charge is 2.24. The smallest absolute Gasteiger partial charge is 0.308 e. The van der Waals surface area contributed by atoms with Crippen molar-refractivity contribution in [3.05, 3.63) is 59.7 Å². The quantitative estimate of drug-likeness (QED) is 0.587. The lowest BCUT2D eigenvalue weighted by Crippen LogP contribution is -2.37. The Labute approximate surface area is 169 Å². The first-order valence-electron chi connectivity index (χ1n) is 9.49. The predicted octanol–water partition coefficient (Wildman–Crippen LogP) is 2.61. The maximum atomic E-state index is 12.9. The summed E-state index contributed by atoms with van der Waals surface area (Å²) < 4.78 is 10.3. The molecule has 0 aromatic heterocycles. The molecule has 0 saturated carbocycles. The summed E-state index contributed by atoms with van der Waals surface area (Å²) in [6.45, 7) is 3.33. The Balaban J connectivity index is 1.67. The first-order chi connectivity index (χ1) is 14.0. The molecule has 0 radical (unpaired) electrons. The van der Waals surface area contributed by atoms with Crippen molar-refractivity contribution in [3.8, 4) is 11.5 Å². The minimum Gasteiger partial charge on any atom is -0.497 e. The van der Waals surface area contributed by atoms with E-state index in [2.05, 4.69) is 0 Å². The Morgan fingerprint density at radius 3 is 1.83 bits per heavy atom. The maximum Gasteiger partial charge on any atom is 0.308 e. The summed E-state index contributed by atoms with van der Waals surface area (Å²) in [5.41, 5.74) is 1.02. The molecule has 0 bridgehead atoms. The number of amides is 2. The number of nitrogens with zero attached hydrogens (tertiary/aromatic N) is 2. The molecule has 0 atom stereocenters. The van der Waals surface area contributed by atoms with Crippen molar-refractivity contribution in [3.63, 3.8) is 0 Å². The first kappa shape index (κ1) is 20.4. The van der Waals surface area contributed by atoms with E-state index in [1.807, 2.05) is 0 Å². The van der Waals surface area contributed by atoms with Gasteiger partial charge in [-0.2, -0.15) is 0 Å². The summed E-state index contributed by atoms with van der Waals surface area (Å²) in [6.07, 6.45) is 0.686. The van der Waals surface area contributed by atoms with Crippen molar-refractivity contribution in [1.82, 2.24) is 9.80 Å². The van der Waals surface area contributed by atoms with Gasteiger partial charge in [0.25, 0.3) is 11.8 Å². The zero-order valence-corrected chi connectivity index (χ0v) is 16.6.